The van der Waals surface area contributed by atoms with Crippen LogP contribution in [-0.4, -0.2) is 13.1 Å². The molecular formula is C14H13NO2. The predicted octanol–water partition coefficient (Wildman–Crippen LogP) is 2.48. The van der Waals surface area contributed by atoms with E-state index in [1.54, 1.807) is 0 Å². The first kappa shape index (κ1) is 10.1. The van der Waals surface area contributed by atoms with Gasteiger partial charge in [0.1, 0.15) is 5.58 Å². The summed E-state index contributed by atoms with van der Waals surface area (Å²) in [6.45, 7) is 3.91. The summed E-state index contributed by atoms with van der Waals surface area (Å²) in [6, 6.07) is 7.19. The third-order valence-electron chi connectivity index (χ3n) is 3.11. The summed E-state index contributed by atoms with van der Waals surface area (Å²) < 4.78 is 5.21. The molecule has 0 spiro atoms. The van der Waals surface area contributed by atoms with Crippen molar-refractivity contribution in [1.29, 1.82) is 0 Å². The Morgan fingerprint density at radius 1 is 1.12 bits per heavy atom. The van der Waals surface area contributed by atoms with Crippen LogP contribution in [0, 0.1) is 6.92 Å². The number of hydrogen-bond acceptors (Lipinski definition) is 3. The average molecular weight is 227 g/mol. The molecule has 0 amide bonds. The molecule has 3 heteroatoms. The van der Waals surface area contributed by atoms with Crippen LogP contribution < -0.4 is 10.5 Å². The monoisotopic (exact) mass is 227 g/mol. The molecule has 0 fully saturated rings. The van der Waals surface area contributed by atoms with E-state index in [1.165, 1.54) is 11.6 Å². The van der Waals surface area contributed by atoms with Crippen LogP contribution in [0.2, 0.25) is 0 Å². The molecule has 1 aliphatic rings. The van der Waals surface area contributed by atoms with Crippen LogP contribution in [0.25, 0.3) is 11.0 Å². The number of aryl methyl sites for hydroxylation is 1. The molecule has 0 N–H and O–H groups in total. The number of nitrogens with zero attached hydrogens (tertiary/aromatic N) is 1. The van der Waals surface area contributed by atoms with E-state index in [4.69, 9.17) is 4.42 Å². The third kappa shape index (κ3) is 1.64. The Hall–Kier alpha value is -2.03. The summed E-state index contributed by atoms with van der Waals surface area (Å²) in [5.74, 6) is 0. The quantitative estimate of drug-likeness (QED) is 0.554. The highest BCUT2D eigenvalue weighted by atomic mass is 16.4. The SMILES string of the molecule is Cc1ccc2oc(=O)ccc2c1N1CC=CC1. The van der Waals surface area contributed by atoms with Gasteiger partial charge in [0.15, 0.2) is 0 Å². The number of hydrogen-bond donors (Lipinski definition) is 0. The minimum Gasteiger partial charge on any atom is -0.423 e. The number of rotatable bonds is 1. The first-order chi connectivity index (χ1) is 8.25. The van der Waals surface area contributed by atoms with Gasteiger partial charge in [-0.05, 0) is 24.6 Å². The average Bonchev–Trinajstić information content (AvgIpc) is 2.82. The lowest BCUT2D eigenvalue weighted by Crippen LogP contribution is -2.20. The summed E-state index contributed by atoms with van der Waals surface area (Å²) in [6.07, 6.45) is 4.30. The highest BCUT2D eigenvalue weighted by molar-refractivity contribution is 5.92. The Morgan fingerprint density at radius 3 is 2.65 bits per heavy atom. The molecule has 0 saturated carbocycles. The van der Waals surface area contributed by atoms with Gasteiger partial charge in [0.05, 0.1) is 5.69 Å². The molecule has 0 radical (unpaired) electrons. The molecule has 1 aliphatic heterocycles. The zero-order valence-electron chi connectivity index (χ0n) is 9.64. The first-order valence-electron chi connectivity index (χ1n) is 5.69. The zero-order valence-corrected chi connectivity index (χ0v) is 9.64. The van der Waals surface area contributed by atoms with E-state index in [2.05, 4.69) is 24.0 Å². The van der Waals surface area contributed by atoms with Gasteiger partial charge < -0.3 is 9.32 Å². The number of fused-ring (bicyclic) bond motifs is 1. The van der Waals surface area contributed by atoms with E-state index >= 15 is 0 Å². The molecule has 3 nitrogen and oxygen atoms in total. The lowest BCUT2D eigenvalue weighted by Gasteiger charge is -2.21. The fourth-order valence-corrected chi connectivity index (χ4v) is 2.32. The molecule has 1 aromatic heterocycles. The number of anilines is 1. The topological polar surface area (TPSA) is 33.5 Å². The summed E-state index contributed by atoms with van der Waals surface area (Å²) >= 11 is 0. The van der Waals surface area contributed by atoms with Gasteiger partial charge in [0, 0.05) is 24.5 Å². The van der Waals surface area contributed by atoms with Crippen molar-refractivity contribution in [3.05, 3.63) is 52.4 Å². The third-order valence-corrected chi connectivity index (χ3v) is 3.11. The van der Waals surface area contributed by atoms with E-state index in [0.29, 0.717) is 5.58 Å². The molecular weight excluding hydrogens is 214 g/mol. The summed E-state index contributed by atoms with van der Waals surface area (Å²) in [7, 11) is 0. The second-order valence-electron chi connectivity index (χ2n) is 4.27. The largest absolute Gasteiger partial charge is 0.423 e. The van der Waals surface area contributed by atoms with Crippen molar-refractivity contribution in [3.8, 4) is 0 Å². The van der Waals surface area contributed by atoms with E-state index in [0.717, 1.165) is 24.2 Å². The molecule has 2 aromatic rings. The van der Waals surface area contributed by atoms with Crippen molar-refractivity contribution in [2.75, 3.05) is 18.0 Å². The Balaban J connectivity index is 2.27. The van der Waals surface area contributed by atoms with Crippen LogP contribution in [-0.2, 0) is 0 Å². The van der Waals surface area contributed by atoms with Crippen LogP contribution in [0.1, 0.15) is 5.56 Å². The van der Waals surface area contributed by atoms with E-state index in [9.17, 15) is 4.79 Å². The van der Waals surface area contributed by atoms with Crippen LogP contribution in [0.5, 0.6) is 0 Å². The molecule has 0 saturated heterocycles. The van der Waals surface area contributed by atoms with Crippen LogP contribution in [0.15, 0.2) is 45.6 Å². The summed E-state index contributed by atoms with van der Waals surface area (Å²) in [4.78, 5) is 13.5. The van der Waals surface area contributed by atoms with Gasteiger partial charge in [0.25, 0.3) is 0 Å². The Morgan fingerprint density at radius 2 is 1.88 bits per heavy atom. The molecule has 3 rings (SSSR count). The van der Waals surface area contributed by atoms with Crippen LogP contribution in [0.4, 0.5) is 5.69 Å². The minimum atomic E-state index is -0.299. The van der Waals surface area contributed by atoms with Gasteiger partial charge in [-0.3, -0.25) is 0 Å². The second kappa shape index (κ2) is 3.77. The van der Waals surface area contributed by atoms with Gasteiger partial charge in [-0.25, -0.2) is 4.79 Å². The molecule has 86 valence electrons. The van der Waals surface area contributed by atoms with Gasteiger partial charge in [-0.15, -0.1) is 0 Å². The lowest BCUT2D eigenvalue weighted by molar-refractivity contribution is 0.561. The lowest BCUT2D eigenvalue weighted by atomic mass is 10.1. The molecule has 0 unspecified atom stereocenters. The first-order valence-corrected chi connectivity index (χ1v) is 5.69. The minimum absolute atomic E-state index is 0.299. The molecule has 1 aromatic carbocycles. The summed E-state index contributed by atoms with van der Waals surface area (Å²) in [5, 5.41) is 1.01. The van der Waals surface area contributed by atoms with E-state index in [1.807, 2.05) is 18.2 Å². The summed E-state index contributed by atoms with van der Waals surface area (Å²) in [5.41, 5.74) is 2.73. The van der Waals surface area contributed by atoms with Crippen LogP contribution in [0.3, 0.4) is 0 Å². The molecule has 0 aliphatic carbocycles. The maximum Gasteiger partial charge on any atom is 0.336 e. The van der Waals surface area contributed by atoms with E-state index in [-0.39, 0.29) is 5.63 Å². The fourth-order valence-electron chi connectivity index (χ4n) is 2.32. The normalized spacial score (nSPS) is 14.8. The maximum atomic E-state index is 11.2. The Kier molecular flexibility index (Phi) is 2.25. The van der Waals surface area contributed by atoms with Crippen molar-refractivity contribution in [2.24, 2.45) is 0 Å². The van der Waals surface area contributed by atoms with Crippen molar-refractivity contribution >= 4 is 16.7 Å². The van der Waals surface area contributed by atoms with Gasteiger partial charge in [-0.2, -0.15) is 0 Å². The molecule has 17 heavy (non-hydrogen) atoms. The predicted molar refractivity (Wildman–Crippen MR) is 68.6 cm³/mol. The van der Waals surface area contributed by atoms with Crippen molar-refractivity contribution in [3.63, 3.8) is 0 Å². The zero-order chi connectivity index (χ0) is 11.8. The van der Waals surface area contributed by atoms with Crippen molar-refractivity contribution in [2.45, 2.75) is 6.92 Å². The highest BCUT2D eigenvalue weighted by Crippen LogP contribution is 2.30. The van der Waals surface area contributed by atoms with Crippen molar-refractivity contribution < 1.29 is 4.42 Å². The van der Waals surface area contributed by atoms with Gasteiger partial charge >= 0.3 is 5.63 Å². The number of benzene rings is 1. The van der Waals surface area contributed by atoms with Crippen molar-refractivity contribution in [1.82, 2.24) is 0 Å². The Labute approximate surface area is 99.0 Å². The molecule has 0 atom stereocenters. The standard InChI is InChI=1S/C14H13NO2/c1-10-4-6-12-11(5-7-13(16)17-12)14(10)15-8-2-3-9-15/h2-7H,8-9H2,1H3. The highest BCUT2D eigenvalue weighted by Gasteiger charge is 2.14. The molecule has 0 bridgehead atoms. The van der Waals surface area contributed by atoms with Gasteiger partial charge in [-0.1, -0.05) is 18.2 Å². The fraction of sp³-hybridized carbons (Fsp3) is 0.214. The maximum absolute atomic E-state index is 11.2. The molecule has 2 heterocycles. The van der Waals surface area contributed by atoms with Gasteiger partial charge in [0.2, 0.25) is 0 Å². The van der Waals surface area contributed by atoms with E-state index < -0.39 is 0 Å². The second-order valence-corrected chi connectivity index (χ2v) is 4.27. The Bertz CT molecular complexity index is 647. The van der Waals surface area contributed by atoms with Crippen LogP contribution >= 0.6 is 0 Å². The smallest absolute Gasteiger partial charge is 0.336 e.